The van der Waals surface area contributed by atoms with Gasteiger partial charge >= 0.3 is 0 Å². The first-order valence-electron chi connectivity index (χ1n) is 8.19. The van der Waals surface area contributed by atoms with Crippen molar-refractivity contribution in [1.29, 1.82) is 0 Å². The van der Waals surface area contributed by atoms with Crippen LogP contribution in [-0.4, -0.2) is 25.3 Å². The number of nitrogens with zero attached hydrogens (tertiary/aromatic N) is 1. The maximum Gasteiger partial charge on any atom is 0.244 e. The predicted octanol–water partition coefficient (Wildman–Crippen LogP) is 4.70. The van der Waals surface area contributed by atoms with Gasteiger partial charge in [-0.3, -0.25) is 4.79 Å². The van der Waals surface area contributed by atoms with Gasteiger partial charge in [-0.25, -0.2) is 5.43 Å². The summed E-state index contributed by atoms with van der Waals surface area (Å²) in [6.07, 6.45) is 1.84. The van der Waals surface area contributed by atoms with Crippen molar-refractivity contribution in [3.05, 3.63) is 56.5 Å². The molecule has 0 atom stereocenters. The van der Waals surface area contributed by atoms with E-state index >= 15 is 0 Å². The number of benzene rings is 2. The molecule has 0 fully saturated rings. The van der Waals surface area contributed by atoms with Crippen molar-refractivity contribution in [1.82, 2.24) is 5.43 Å². The van der Waals surface area contributed by atoms with Crippen molar-refractivity contribution >= 4 is 44.0 Å². The van der Waals surface area contributed by atoms with Crippen molar-refractivity contribution in [3.8, 4) is 11.5 Å². The first-order valence-corrected chi connectivity index (χ1v) is 9.77. The summed E-state index contributed by atoms with van der Waals surface area (Å²) >= 11 is 6.85. The topological polar surface area (TPSA) is 59.9 Å². The van der Waals surface area contributed by atoms with E-state index in [9.17, 15) is 4.79 Å². The molecule has 0 aromatic heterocycles. The Kier molecular flexibility index (Phi) is 8.12. The van der Waals surface area contributed by atoms with Gasteiger partial charge in [0.2, 0.25) is 5.91 Å². The summed E-state index contributed by atoms with van der Waals surface area (Å²) in [5, 5.41) is 4.02. The highest BCUT2D eigenvalue weighted by Crippen LogP contribution is 2.36. The van der Waals surface area contributed by atoms with Gasteiger partial charge in [-0.2, -0.15) is 5.10 Å². The van der Waals surface area contributed by atoms with Crippen LogP contribution in [0.2, 0.25) is 0 Å². The van der Waals surface area contributed by atoms with Crippen molar-refractivity contribution in [2.24, 2.45) is 5.10 Å². The molecule has 0 aliphatic heterocycles. The van der Waals surface area contributed by atoms with E-state index in [1.165, 1.54) is 0 Å². The SMILES string of the molecule is CCOc1cc(/C=N\NC(=O)Cc2ccc(Br)cc2)cc(Br)c1OCC. The van der Waals surface area contributed by atoms with E-state index in [2.05, 4.69) is 42.4 Å². The molecule has 2 rings (SSSR count). The van der Waals surface area contributed by atoms with E-state index in [1.54, 1.807) is 6.21 Å². The van der Waals surface area contributed by atoms with E-state index in [0.717, 1.165) is 20.1 Å². The number of nitrogens with one attached hydrogen (secondary N) is 1. The fraction of sp³-hybridized carbons (Fsp3) is 0.263. The fourth-order valence-electron chi connectivity index (χ4n) is 2.22. The lowest BCUT2D eigenvalue weighted by Gasteiger charge is -2.13. The molecule has 0 heterocycles. The van der Waals surface area contributed by atoms with Crippen LogP contribution < -0.4 is 14.9 Å². The van der Waals surface area contributed by atoms with E-state index in [0.29, 0.717) is 24.7 Å². The quantitative estimate of drug-likeness (QED) is 0.437. The molecule has 0 aliphatic rings. The monoisotopic (exact) mass is 482 g/mol. The maximum absolute atomic E-state index is 12.0. The molecule has 1 N–H and O–H groups in total. The van der Waals surface area contributed by atoms with Gasteiger partial charge in [0, 0.05) is 4.47 Å². The summed E-state index contributed by atoms with van der Waals surface area (Å²) < 4.78 is 13.0. The molecule has 1 amide bonds. The van der Waals surface area contributed by atoms with Crippen LogP contribution in [0.15, 0.2) is 50.4 Å². The van der Waals surface area contributed by atoms with E-state index in [-0.39, 0.29) is 12.3 Å². The standard InChI is InChI=1S/C19H20Br2N2O3/c1-3-25-17-10-14(9-16(21)19(17)26-4-2)12-22-23-18(24)11-13-5-7-15(20)8-6-13/h5-10,12H,3-4,11H2,1-2H3,(H,23,24)/b22-12-. The molecule has 0 radical (unpaired) electrons. The second-order valence-corrected chi connectivity index (χ2v) is 7.06. The summed E-state index contributed by atoms with van der Waals surface area (Å²) in [4.78, 5) is 12.0. The highest BCUT2D eigenvalue weighted by atomic mass is 79.9. The lowest BCUT2D eigenvalue weighted by Crippen LogP contribution is -2.19. The third-order valence-electron chi connectivity index (χ3n) is 3.30. The van der Waals surface area contributed by atoms with Gasteiger partial charge in [0.1, 0.15) is 0 Å². The zero-order valence-corrected chi connectivity index (χ0v) is 17.8. The number of halogens is 2. The normalized spacial score (nSPS) is 10.8. The van der Waals surface area contributed by atoms with E-state index in [4.69, 9.17) is 9.47 Å². The molecule has 26 heavy (non-hydrogen) atoms. The van der Waals surface area contributed by atoms with Crippen LogP contribution >= 0.6 is 31.9 Å². The fourth-order valence-corrected chi connectivity index (χ4v) is 3.05. The van der Waals surface area contributed by atoms with Gasteiger partial charge in [-0.05, 0) is 65.2 Å². The first kappa shape index (κ1) is 20.5. The summed E-state index contributed by atoms with van der Waals surface area (Å²) in [5.74, 6) is 1.11. The number of carbonyl (C=O) groups is 1. The van der Waals surface area contributed by atoms with E-state index < -0.39 is 0 Å². The summed E-state index contributed by atoms with van der Waals surface area (Å²) in [6, 6.07) is 11.3. The van der Waals surface area contributed by atoms with Crippen LogP contribution in [-0.2, 0) is 11.2 Å². The van der Waals surface area contributed by atoms with Crippen LogP contribution in [0.3, 0.4) is 0 Å². The molecule has 2 aromatic rings. The van der Waals surface area contributed by atoms with Gasteiger partial charge in [0.05, 0.1) is 30.3 Å². The third-order valence-corrected chi connectivity index (χ3v) is 4.42. The number of hydrogen-bond donors (Lipinski definition) is 1. The molecule has 0 unspecified atom stereocenters. The molecule has 138 valence electrons. The Bertz CT molecular complexity index is 777. The molecule has 5 nitrogen and oxygen atoms in total. The lowest BCUT2D eigenvalue weighted by molar-refractivity contribution is -0.120. The number of hydrazone groups is 1. The van der Waals surface area contributed by atoms with Gasteiger partial charge < -0.3 is 9.47 Å². The van der Waals surface area contributed by atoms with Crippen molar-refractivity contribution in [3.63, 3.8) is 0 Å². The molecule has 2 aromatic carbocycles. The van der Waals surface area contributed by atoms with Crippen LogP contribution in [0.25, 0.3) is 0 Å². The third kappa shape index (κ3) is 6.14. The molecule has 0 saturated heterocycles. The highest BCUT2D eigenvalue weighted by molar-refractivity contribution is 9.10. The Morgan fingerprint density at radius 3 is 2.46 bits per heavy atom. The minimum Gasteiger partial charge on any atom is -0.490 e. The molecule has 0 saturated carbocycles. The maximum atomic E-state index is 12.0. The first-order chi connectivity index (χ1) is 12.5. The van der Waals surface area contributed by atoms with Gasteiger partial charge in [-0.1, -0.05) is 28.1 Å². The van der Waals surface area contributed by atoms with Crippen molar-refractivity contribution in [2.75, 3.05) is 13.2 Å². The van der Waals surface area contributed by atoms with Gasteiger partial charge in [0.15, 0.2) is 11.5 Å². The smallest absolute Gasteiger partial charge is 0.244 e. The Morgan fingerprint density at radius 1 is 1.12 bits per heavy atom. The minimum atomic E-state index is -0.182. The average Bonchev–Trinajstić information content (AvgIpc) is 2.60. The Balaban J connectivity index is 2.02. The van der Waals surface area contributed by atoms with Gasteiger partial charge in [-0.15, -0.1) is 0 Å². The second-order valence-electron chi connectivity index (χ2n) is 5.29. The van der Waals surface area contributed by atoms with Crippen molar-refractivity contribution < 1.29 is 14.3 Å². The molecule has 0 aliphatic carbocycles. The number of rotatable bonds is 8. The van der Waals surface area contributed by atoms with Crippen LogP contribution in [0.4, 0.5) is 0 Å². The van der Waals surface area contributed by atoms with E-state index in [1.807, 2.05) is 50.2 Å². The zero-order valence-electron chi connectivity index (χ0n) is 14.6. The average molecular weight is 484 g/mol. The summed E-state index contributed by atoms with van der Waals surface area (Å²) in [6.45, 7) is 4.89. The predicted molar refractivity (Wildman–Crippen MR) is 110 cm³/mol. The molecule has 7 heteroatoms. The number of amides is 1. The summed E-state index contributed by atoms with van der Waals surface area (Å²) in [5.41, 5.74) is 4.24. The second kappa shape index (κ2) is 10.3. The van der Waals surface area contributed by atoms with Crippen LogP contribution in [0, 0.1) is 0 Å². The molecular formula is C19H20Br2N2O3. The molecular weight excluding hydrogens is 464 g/mol. The largest absolute Gasteiger partial charge is 0.490 e. The molecule has 0 spiro atoms. The molecule has 0 bridgehead atoms. The Morgan fingerprint density at radius 2 is 1.81 bits per heavy atom. The lowest BCUT2D eigenvalue weighted by atomic mass is 10.1. The zero-order chi connectivity index (χ0) is 18.9. The Labute approximate surface area is 170 Å². The van der Waals surface area contributed by atoms with Crippen LogP contribution in [0.5, 0.6) is 11.5 Å². The van der Waals surface area contributed by atoms with Crippen LogP contribution in [0.1, 0.15) is 25.0 Å². The number of hydrogen-bond acceptors (Lipinski definition) is 4. The highest BCUT2D eigenvalue weighted by Gasteiger charge is 2.11. The Hall–Kier alpha value is -1.86. The number of ether oxygens (including phenoxy) is 2. The van der Waals surface area contributed by atoms with Gasteiger partial charge in [0.25, 0.3) is 0 Å². The summed E-state index contributed by atoms with van der Waals surface area (Å²) in [7, 11) is 0. The van der Waals surface area contributed by atoms with Crippen molar-refractivity contribution in [2.45, 2.75) is 20.3 Å². The number of carbonyl (C=O) groups excluding carboxylic acids is 1. The minimum absolute atomic E-state index is 0.182.